The summed E-state index contributed by atoms with van der Waals surface area (Å²) < 4.78 is 0. The van der Waals surface area contributed by atoms with E-state index in [1.807, 2.05) is 0 Å². The number of hydrogen-bond acceptors (Lipinski definition) is 4. The second-order valence-corrected chi connectivity index (χ2v) is 1.57. The topological polar surface area (TPSA) is 115 Å². The normalized spacial score (nSPS) is 13.6. The minimum absolute atomic E-state index is 0.778. The number of aliphatic carboxylic acids is 2. The van der Waals surface area contributed by atoms with Crippen LogP contribution in [0.3, 0.4) is 0 Å². The third-order valence-electron chi connectivity index (χ3n) is 0.805. The first-order chi connectivity index (χ1) is 5.46. The summed E-state index contributed by atoms with van der Waals surface area (Å²) >= 11 is 0.778. The Balaban J connectivity index is 0. The molecule has 0 aromatic rings. The highest BCUT2D eigenvalue weighted by atomic mass is 35.6. The van der Waals surface area contributed by atoms with Gasteiger partial charge in [-0.2, -0.15) is 0 Å². The molecule has 0 rings (SSSR count). The van der Waals surface area contributed by atoms with Crippen LogP contribution in [-0.4, -0.2) is 59.9 Å². The highest BCUT2D eigenvalue weighted by Gasteiger charge is 2.29. The Morgan fingerprint density at radius 3 is 1.25 bits per heavy atom. The Morgan fingerprint density at radius 2 is 1.17 bits per heavy atom. The fraction of sp³-hybridized carbons (Fsp3) is 0.500. The minimum Gasteiger partial charge on any atom is -0.479 e. The highest BCUT2D eigenvalue weighted by Crippen LogP contribution is 1.92. The Morgan fingerprint density at radius 1 is 1.00 bits per heavy atom. The third kappa shape index (κ3) is 5.35. The molecule has 0 aromatic carbocycles. The van der Waals surface area contributed by atoms with Crippen LogP contribution in [0.1, 0.15) is 0 Å². The molecular weight excluding hydrogens is 206 g/mol. The fourth-order valence-electron chi connectivity index (χ4n) is 0.270. The molecule has 0 saturated heterocycles. The van der Waals surface area contributed by atoms with Crippen molar-refractivity contribution < 1.29 is 30.0 Å². The van der Waals surface area contributed by atoms with Gasteiger partial charge in [-0.3, -0.25) is 10.0 Å². The number of aliphatic hydroxyl groups excluding tert-OH is 2. The van der Waals surface area contributed by atoms with E-state index >= 15 is 0 Å². The van der Waals surface area contributed by atoms with Gasteiger partial charge in [0.2, 0.25) is 0 Å². The number of carboxylic acid groups (broad SMARTS) is 2. The Hall–Kier alpha value is -0.318. The first-order valence-electron chi connectivity index (χ1n) is 2.66. The summed E-state index contributed by atoms with van der Waals surface area (Å²) in [4.78, 5) is 19.5. The van der Waals surface area contributed by atoms with Gasteiger partial charge in [0.05, 0.1) is 0 Å². The lowest BCUT2D eigenvalue weighted by atomic mass is 10.2. The molecule has 4 N–H and O–H groups in total. The van der Waals surface area contributed by atoms with Crippen LogP contribution in [0.5, 0.6) is 0 Å². The quantitative estimate of drug-likeness (QED) is 0.391. The van der Waals surface area contributed by atoms with Crippen LogP contribution in [0.4, 0.5) is 0 Å². The van der Waals surface area contributed by atoms with Gasteiger partial charge in [-0.25, -0.2) is 9.59 Å². The van der Waals surface area contributed by atoms with E-state index in [4.69, 9.17) is 30.5 Å². The lowest BCUT2D eigenvalue weighted by Crippen LogP contribution is -2.39. The zero-order valence-electron chi connectivity index (χ0n) is 6.14. The zero-order chi connectivity index (χ0) is 10.3. The molecule has 0 saturated carbocycles. The van der Waals surface area contributed by atoms with E-state index in [2.05, 4.69) is 0 Å². The molecule has 2 unspecified atom stereocenters. The van der Waals surface area contributed by atoms with Gasteiger partial charge in [-0.05, 0) is 0 Å². The summed E-state index contributed by atoms with van der Waals surface area (Å²) in [7, 11) is 4.78. The summed E-state index contributed by atoms with van der Waals surface area (Å²) in [5.74, 6) is -3.54. The number of hydrogen-bond donors (Lipinski definition) is 4. The summed E-state index contributed by atoms with van der Waals surface area (Å²) in [5, 5.41) is 32.5. The smallest absolute Gasteiger partial charge is 0.353 e. The summed E-state index contributed by atoms with van der Waals surface area (Å²) in [6.07, 6.45) is -4.53. The van der Waals surface area contributed by atoms with Crippen LogP contribution in [0.15, 0.2) is 0 Å². The van der Waals surface area contributed by atoms with E-state index in [1.165, 1.54) is 0 Å². The second-order valence-electron chi connectivity index (χ2n) is 1.57. The number of carbonyl (C=O) groups is 2. The first kappa shape index (κ1) is 14.2. The van der Waals surface area contributed by atoms with Crippen LogP contribution in [0.25, 0.3) is 0 Å². The predicted octanol–water partition coefficient (Wildman–Crippen LogP) is -2.35. The van der Waals surface area contributed by atoms with Crippen molar-refractivity contribution >= 4 is 37.4 Å². The molecule has 70 valence electrons. The van der Waals surface area contributed by atoms with Crippen LogP contribution in [0, 0.1) is 0 Å². The number of rotatable bonds is 3. The van der Waals surface area contributed by atoms with Crippen molar-refractivity contribution in [2.75, 3.05) is 0 Å². The van der Waals surface area contributed by atoms with E-state index in [0.29, 0.717) is 0 Å². The van der Waals surface area contributed by atoms with Crippen LogP contribution >= 0.6 is 10.0 Å². The molecule has 0 radical (unpaired) electrons. The van der Waals surface area contributed by atoms with Gasteiger partial charge in [-0.15, -0.1) is 0 Å². The summed E-state index contributed by atoms with van der Waals surface area (Å²) in [6.45, 7) is 0. The molecule has 0 aliphatic heterocycles. The standard InChI is InChI=1S/C4H6O6.Al.ClH.2H/c5-1(3(7)8)2(6)4(9)10;;;;/h1-2,5-6H,(H,7,8)(H,9,10);;1H;;/q;+1;;;/p-1. The molecule has 0 aliphatic carbocycles. The SMILES string of the molecule is O=C(O)C(O)C(O)C(=O)O.[AlH2][Cl]. The maximum absolute atomic E-state index is 9.77. The molecule has 0 aliphatic rings. The first-order valence-corrected chi connectivity index (χ1v) is 5.68. The van der Waals surface area contributed by atoms with Gasteiger partial charge in [0.25, 0.3) is 0 Å². The molecule has 0 aromatic heterocycles. The maximum atomic E-state index is 9.77. The fourth-order valence-corrected chi connectivity index (χ4v) is 0.270. The molecule has 0 bridgehead atoms. The largest absolute Gasteiger partial charge is 0.479 e. The average Bonchev–Trinajstić information content (AvgIpc) is 2.05. The van der Waals surface area contributed by atoms with Gasteiger partial charge in [0.15, 0.2) is 12.2 Å². The van der Waals surface area contributed by atoms with Crippen molar-refractivity contribution in [3.8, 4) is 0 Å². The Bertz CT molecular complexity index is 144. The van der Waals surface area contributed by atoms with Crippen LogP contribution < -0.4 is 0 Å². The van der Waals surface area contributed by atoms with Gasteiger partial charge in [-0.1, -0.05) is 0 Å². The Labute approximate surface area is 80.0 Å². The van der Waals surface area contributed by atoms with Crippen molar-refractivity contribution in [3.63, 3.8) is 0 Å². The van der Waals surface area contributed by atoms with E-state index in [0.717, 1.165) is 15.4 Å². The second kappa shape index (κ2) is 7.34. The zero-order valence-corrected chi connectivity index (χ0v) is 8.89. The molecule has 0 fully saturated rings. The molecule has 0 heterocycles. The Kier molecular flexibility index (Phi) is 8.70. The van der Waals surface area contributed by atoms with Crippen molar-refractivity contribution in [1.29, 1.82) is 0 Å². The number of halogens is 1. The summed E-state index contributed by atoms with van der Waals surface area (Å²) in [5.41, 5.74) is 0. The predicted molar refractivity (Wildman–Crippen MR) is 41.7 cm³/mol. The van der Waals surface area contributed by atoms with Crippen molar-refractivity contribution in [3.05, 3.63) is 0 Å². The molecule has 8 heteroatoms. The van der Waals surface area contributed by atoms with Gasteiger partial charge in [0.1, 0.15) is 0 Å². The van der Waals surface area contributed by atoms with E-state index in [-0.39, 0.29) is 0 Å². The molecule has 12 heavy (non-hydrogen) atoms. The van der Waals surface area contributed by atoms with Crippen molar-refractivity contribution in [2.24, 2.45) is 0 Å². The third-order valence-corrected chi connectivity index (χ3v) is 0.805. The van der Waals surface area contributed by atoms with Gasteiger partial charge in [0, 0.05) is 0 Å². The lowest BCUT2D eigenvalue weighted by Gasteiger charge is -2.07. The molecule has 0 amide bonds. The van der Waals surface area contributed by atoms with E-state index in [1.54, 1.807) is 0 Å². The molecular formula is C4H8AlClO6. The number of carboxylic acids is 2. The number of aliphatic hydroxyl groups is 2. The molecule has 6 nitrogen and oxygen atoms in total. The van der Waals surface area contributed by atoms with Crippen LogP contribution in [0.2, 0.25) is 0 Å². The monoisotopic (exact) mass is 214 g/mol. The minimum atomic E-state index is -2.27. The molecule has 2 atom stereocenters. The maximum Gasteiger partial charge on any atom is 0.353 e. The summed E-state index contributed by atoms with van der Waals surface area (Å²) in [6, 6.07) is 0. The van der Waals surface area contributed by atoms with Crippen molar-refractivity contribution in [2.45, 2.75) is 12.2 Å². The molecule has 0 spiro atoms. The highest BCUT2D eigenvalue weighted by molar-refractivity contribution is 6.80. The van der Waals surface area contributed by atoms with Gasteiger partial charge >= 0.3 is 27.3 Å². The van der Waals surface area contributed by atoms with Gasteiger partial charge < -0.3 is 20.4 Å². The lowest BCUT2D eigenvalue weighted by molar-refractivity contribution is -0.165. The van der Waals surface area contributed by atoms with E-state index in [9.17, 15) is 9.59 Å². The van der Waals surface area contributed by atoms with Crippen molar-refractivity contribution in [1.82, 2.24) is 0 Å². The van der Waals surface area contributed by atoms with Crippen LogP contribution in [-0.2, 0) is 9.59 Å². The van der Waals surface area contributed by atoms with E-state index < -0.39 is 24.1 Å². The average molecular weight is 215 g/mol.